The smallest absolute Gasteiger partial charge is 0.255 e. The van der Waals surface area contributed by atoms with Gasteiger partial charge in [0.25, 0.3) is 11.8 Å². The van der Waals surface area contributed by atoms with Gasteiger partial charge in [0.2, 0.25) is 0 Å². The highest BCUT2D eigenvalue weighted by molar-refractivity contribution is 5.98. The molecule has 1 aliphatic heterocycles. The lowest BCUT2D eigenvalue weighted by molar-refractivity contribution is -0.158. The maximum atomic E-state index is 11.6. The van der Waals surface area contributed by atoms with Crippen LogP contribution >= 0.6 is 0 Å². The van der Waals surface area contributed by atoms with Crippen LogP contribution in [0.15, 0.2) is 24.3 Å². The fourth-order valence-corrected chi connectivity index (χ4v) is 2.15. The number of benzene rings is 1. The minimum absolute atomic E-state index is 0.0508. The monoisotopic (exact) mass is 276 g/mol. The maximum Gasteiger partial charge on any atom is 0.255 e. The Morgan fingerprint density at radius 2 is 1.60 bits per heavy atom. The molecule has 1 heterocycles. The Kier molecular flexibility index (Phi) is 4.52. The summed E-state index contributed by atoms with van der Waals surface area (Å²) in [5.74, 6) is -0.186. The highest BCUT2D eigenvalue weighted by atomic mass is 16.5. The lowest BCUT2D eigenvalue weighted by Gasteiger charge is -2.27. The van der Waals surface area contributed by atoms with Crippen molar-refractivity contribution in [3.63, 3.8) is 0 Å². The van der Waals surface area contributed by atoms with Gasteiger partial charge in [0.1, 0.15) is 13.2 Å². The van der Waals surface area contributed by atoms with Crippen molar-refractivity contribution in [2.75, 3.05) is 19.8 Å². The fourth-order valence-electron chi connectivity index (χ4n) is 2.15. The van der Waals surface area contributed by atoms with E-state index >= 15 is 0 Å². The normalized spacial score (nSPS) is 17.7. The van der Waals surface area contributed by atoms with E-state index in [0.29, 0.717) is 5.92 Å². The van der Waals surface area contributed by atoms with E-state index in [1.165, 1.54) is 10.5 Å². The molecule has 0 radical (unpaired) electrons. The highest BCUT2D eigenvalue weighted by Crippen LogP contribution is 2.19. The lowest BCUT2D eigenvalue weighted by atomic mass is 9.99. The molecule has 20 heavy (non-hydrogen) atoms. The number of nitrogens with zero attached hydrogens (tertiary/aromatic N) is 1. The molecule has 108 valence electrons. The van der Waals surface area contributed by atoms with Gasteiger partial charge in [0, 0.05) is 12.6 Å². The summed E-state index contributed by atoms with van der Waals surface area (Å²) in [4.78, 5) is 24.5. The number of carbonyl (C=O) groups is 2. The number of rotatable bonds is 4. The number of carbonyl (C=O) groups excluding carboxylic acids is 2. The van der Waals surface area contributed by atoms with E-state index in [1.807, 2.05) is 24.3 Å². The molecular formula is C15H20N2O3. The zero-order valence-corrected chi connectivity index (χ0v) is 11.8. The molecule has 1 atom stereocenters. The third kappa shape index (κ3) is 3.23. The molecule has 1 aromatic carbocycles. The summed E-state index contributed by atoms with van der Waals surface area (Å²) in [7, 11) is 0. The first-order valence-corrected chi connectivity index (χ1v) is 6.75. The van der Waals surface area contributed by atoms with Gasteiger partial charge in [-0.1, -0.05) is 38.1 Å². The number of amides is 2. The maximum absolute atomic E-state index is 11.6. The van der Waals surface area contributed by atoms with E-state index < -0.39 is 0 Å². The van der Waals surface area contributed by atoms with Crippen LogP contribution in [-0.4, -0.2) is 36.5 Å². The Morgan fingerprint density at radius 1 is 1.10 bits per heavy atom. The molecule has 1 aromatic rings. The van der Waals surface area contributed by atoms with Gasteiger partial charge in [-0.3, -0.25) is 14.5 Å². The van der Waals surface area contributed by atoms with Crippen LogP contribution in [0, 0.1) is 0 Å². The van der Waals surface area contributed by atoms with Gasteiger partial charge in [0.15, 0.2) is 0 Å². The zero-order chi connectivity index (χ0) is 14.7. The van der Waals surface area contributed by atoms with Crippen molar-refractivity contribution in [2.45, 2.75) is 25.8 Å². The Balaban J connectivity index is 2.05. The van der Waals surface area contributed by atoms with Gasteiger partial charge in [-0.2, -0.15) is 0 Å². The molecule has 2 N–H and O–H groups in total. The molecule has 2 rings (SSSR count). The molecule has 5 nitrogen and oxygen atoms in total. The Bertz CT molecular complexity index is 480. The largest absolute Gasteiger partial charge is 0.362 e. The summed E-state index contributed by atoms with van der Waals surface area (Å²) < 4.78 is 4.87. The first-order valence-electron chi connectivity index (χ1n) is 6.75. The van der Waals surface area contributed by atoms with E-state index in [4.69, 9.17) is 10.5 Å². The summed E-state index contributed by atoms with van der Waals surface area (Å²) in [5.41, 5.74) is 8.24. The summed E-state index contributed by atoms with van der Waals surface area (Å²) in [6.45, 7) is 4.34. The van der Waals surface area contributed by atoms with E-state index in [0.717, 1.165) is 5.56 Å². The van der Waals surface area contributed by atoms with E-state index in [9.17, 15) is 9.59 Å². The van der Waals surface area contributed by atoms with Crippen LogP contribution in [0.25, 0.3) is 0 Å². The van der Waals surface area contributed by atoms with Crippen LogP contribution in [0.3, 0.4) is 0 Å². The summed E-state index contributed by atoms with van der Waals surface area (Å²) in [6, 6.07) is 7.60. The lowest BCUT2D eigenvalue weighted by Crippen LogP contribution is -2.48. The second-order valence-electron chi connectivity index (χ2n) is 5.32. The summed E-state index contributed by atoms with van der Waals surface area (Å²) in [5, 5.41) is 0. The van der Waals surface area contributed by atoms with Gasteiger partial charge >= 0.3 is 0 Å². The minimum Gasteiger partial charge on any atom is -0.362 e. The molecule has 1 unspecified atom stereocenters. The summed E-state index contributed by atoms with van der Waals surface area (Å²) in [6.07, 6.45) is 0. The number of imide groups is 1. The van der Waals surface area contributed by atoms with Crippen molar-refractivity contribution < 1.29 is 14.3 Å². The molecule has 0 aliphatic carbocycles. The van der Waals surface area contributed by atoms with Gasteiger partial charge in [-0.25, -0.2) is 0 Å². The zero-order valence-electron chi connectivity index (χ0n) is 11.8. The molecule has 0 bridgehead atoms. The number of hydrogen-bond donors (Lipinski definition) is 1. The van der Waals surface area contributed by atoms with Crippen molar-refractivity contribution in [3.8, 4) is 0 Å². The average Bonchev–Trinajstić information content (AvgIpc) is 2.43. The Labute approximate surface area is 118 Å². The van der Waals surface area contributed by atoms with Crippen LogP contribution in [0.5, 0.6) is 0 Å². The second kappa shape index (κ2) is 6.15. The van der Waals surface area contributed by atoms with Crippen molar-refractivity contribution in [1.29, 1.82) is 0 Å². The van der Waals surface area contributed by atoms with Crippen LogP contribution in [0.4, 0.5) is 0 Å². The predicted molar refractivity (Wildman–Crippen MR) is 75.0 cm³/mol. The van der Waals surface area contributed by atoms with E-state index in [2.05, 4.69) is 13.8 Å². The summed E-state index contributed by atoms with van der Waals surface area (Å²) >= 11 is 0. The van der Waals surface area contributed by atoms with Gasteiger partial charge in [-0.15, -0.1) is 0 Å². The number of ether oxygens (including phenoxy) is 1. The van der Waals surface area contributed by atoms with Crippen molar-refractivity contribution >= 4 is 11.8 Å². The van der Waals surface area contributed by atoms with E-state index in [1.54, 1.807) is 0 Å². The van der Waals surface area contributed by atoms with Gasteiger partial charge < -0.3 is 10.5 Å². The van der Waals surface area contributed by atoms with Crippen LogP contribution in [0.1, 0.15) is 36.9 Å². The first kappa shape index (κ1) is 14.7. The molecule has 1 fully saturated rings. The van der Waals surface area contributed by atoms with E-state index in [-0.39, 0.29) is 37.6 Å². The number of hydrogen-bond acceptors (Lipinski definition) is 4. The van der Waals surface area contributed by atoms with Gasteiger partial charge in [-0.05, 0) is 17.0 Å². The highest BCUT2D eigenvalue weighted by Gasteiger charge is 2.28. The standard InChI is InChI=1S/C15H20N2O3/c1-10(2)11-3-5-12(6-4-11)13(16)7-17-14(18)8-20-9-15(17)19/h3-6,10,13H,7-9,16H2,1-2H3. The van der Waals surface area contributed by atoms with Crippen molar-refractivity contribution in [3.05, 3.63) is 35.4 Å². The minimum atomic E-state index is -0.373. The molecule has 0 spiro atoms. The predicted octanol–water partition coefficient (Wildman–Crippen LogP) is 1.20. The fraction of sp³-hybridized carbons (Fsp3) is 0.467. The van der Waals surface area contributed by atoms with Crippen molar-refractivity contribution in [1.82, 2.24) is 4.90 Å². The molecule has 1 saturated heterocycles. The van der Waals surface area contributed by atoms with Crippen LogP contribution in [-0.2, 0) is 14.3 Å². The SMILES string of the molecule is CC(C)c1ccc(C(N)CN2C(=O)COCC2=O)cc1. The van der Waals surface area contributed by atoms with Crippen LogP contribution in [0.2, 0.25) is 0 Å². The average molecular weight is 276 g/mol. The van der Waals surface area contributed by atoms with Crippen molar-refractivity contribution in [2.24, 2.45) is 5.73 Å². The molecule has 0 aromatic heterocycles. The van der Waals surface area contributed by atoms with Gasteiger partial charge in [0.05, 0.1) is 0 Å². The number of morpholine rings is 1. The molecule has 1 aliphatic rings. The molecule has 0 saturated carbocycles. The second-order valence-corrected chi connectivity index (χ2v) is 5.32. The topological polar surface area (TPSA) is 72.6 Å². The molecule has 2 amide bonds. The molecule has 5 heteroatoms. The Hall–Kier alpha value is -1.72. The number of nitrogens with two attached hydrogens (primary N) is 1. The first-order chi connectivity index (χ1) is 9.49. The quantitative estimate of drug-likeness (QED) is 0.839. The third-order valence-electron chi connectivity index (χ3n) is 3.46. The molecular weight excluding hydrogens is 256 g/mol. The third-order valence-corrected chi connectivity index (χ3v) is 3.46. The Morgan fingerprint density at radius 3 is 2.10 bits per heavy atom. The van der Waals surface area contributed by atoms with Crippen LogP contribution < -0.4 is 5.73 Å².